The lowest BCUT2D eigenvalue weighted by Gasteiger charge is -2.23. The van der Waals surface area contributed by atoms with E-state index >= 15 is 0 Å². The van der Waals surface area contributed by atoms with Crippen LogP contribution >= 0.6 is 12.2 Å². The number of hydrogen-bond donors (Lipinski definition) is 0. The van der Waals surface area contributed by atoms with Crippen molar-refractivity contribution in [3.05, 3.63) is 103 Å². The molecule has 2 aliphatic rings. The first-order chi connectivity index (χ1) is 16.7. The normalized spacial score (nSPS) is 14.9. The quantitative estimate of drug-likeness (QED) is 0.358. The highest BCUT2D eigenvalue weighted by molar-refractivity contribution is 7.80. The minimum Gasteiger partial charge on any atom is -0.454 e. The molecule has 2 aliphatic carbocycles. The first-order valence-electron chi connectivity index (χ1n) is 11.3. The smallest absolute Gasteiger partial charge is 0.230 e. The summed E-state index contributed by atoms with van der Waals surface area (Å²) in [7, 11) is 0. The van der Waals surface area contributed by atoms with E-state index < -0.39 is 0 Å². The number of carbonyl (C=O) groups is 1. The highest BCUT2D eigenvalue weighted by Crippen LogP contribution is 2.36. The highest BCUT2D eigenvalue weighted by Gasteiger charge is 2.34. The van der Waals surface area contributed by atoms with E-state index in [2.05, 4.69) is 4.98 Å². The fraction of sp³-hybridized carbons (Fsp3) is 0.179. The third kappa shape index (κ3) is 5.41. The van der Waals surface area contributed by atoms with Gasteiger partial charge in [0, 0.05) is 35.3 Å². The van der Waals surface area contributed by atoms with Gasteiger partial charge in [-0.05, 0) is 79.1 Å². The van der Waals surface area contributed by atoms with Crippen LogP contribution in [0.25, 0.3) is 0 Å². The lowest BCUT2D eigenvalue weighted by molar-refractivity contribution is -0.119. The summed E-state index contributed by atoms with van der Waals surface area (Å²) in [4.78, 5) is 19.9. The van der Waals surface area contributed by atoms with Crippen molar-refractivity contribution in [1.29, 1.82) is 0 Å². The van der Waals surface area contributed by atoms with Crippen molar-refractivity contribution < 1.29 is 14.3 Å². The number of aromatic nitrogens is 1. The third-order valence-corrected chi connectivity index (χ3v) is 5.95. The van der Waals surface area contributed by atoms with E-state index in [1.54, 1.807) is 12.4 Å². The van der Waals surface area contributed by atoms with Crippen molar-refractivity contribution in [2.75, 3.05) is 4.90 Å². The number of para-hydroxylation sites is 2. The molecule has 0 aliphatic heterocycles. The molecule has 170 valence electrons. The molecule has 1 fully saturated rings. The predicted octanol–water partition coefficient (Wildman–Crippen LogP) is 6.41. The van der Waals surface area contributed by atoms with Gasteiger partial charge in [-0.25, -0.2) is 0 Å². The van der Waals surface area contributed by atoms with Gasteiger partial charge in [0.1, 0.15) is 11.5 Å². The van der Waals surface area contributed by atoms with Crippen LogP contribution in [-0.4, -0.2) is 15.8 Å². The van der Waals surface area contributed by atoms with Gasteiger partial charge in [0.15, 0.2) is 11.5 Å². The van der Waals surface area contributed by atoms with Crippen LogP contribution in [0.2, 0.25) is 0 Å². The van der Waals surface area contributed by atoms with Crippen LogP contribution in [0.15, 0.2) is 97.0 Å². The van der Waals surface area contributed by atoms with Crippen LogP contribution in [-0.2, 0) is 11.3 Å². The summed E-state index contributed by atoms with van der Waals surface area (Å²) in [6, 6.07) is 19.0. The molecule has 34 heavy (non-hydrogen) atoms. The summed E-state index contributed by atoms with van der Waals surface area (Å²) in [5, 5.41) is 0. The minimum absolute atomic E-state index is 0.120. The van der Waals surface area contributed by atoms with Crippen LogP contribution < -0.4 is 14.4 Å². The van der Waals surface area contributed by atoms with E-state index in [0.717, 1.165) is 34.7 Å². The summed E-state index contributed by atoms with van der Waals surface area (Å²) in [6.07, 6.45) is 11.8. The Morgan fingerprint density at radius 1 is 0.971 bits per heavy atom. The Hall–Kier alpha value is -3.77. The maximum Gasteiger partial charge on any atom is 0.230 e. The van der Waals surface area contributed by atoms with Crippen molar-refractivity contribution in [1.82, 2.24) is 4.98 Å². The average Bonchev–Trinajstić information content (AvgIpc) is 3.72. The van der Waals surface area contributed by atoms with Crippen molar-refractivity contribution >= 4 is 28.7 Å². The van der Waals surface area contributed by atoms with Crippen molar-refractivity contribution in [2.24, 2.45) is 5.92 Å². The summed E-state index contributed by atoms with van der Waals surface area (Å²) in [5.74, 6) is 2.91. The number of thiocarbonyl (C=S) groups is 1. The molecule has 0 N–H and O–H groups in total. The van der Waals surface area contributed by atoms with E-state index in [-0.39, 0.29) is 11.8 Å². The van der Waals surface area contributed by atoms with Gasteiger partial charge >= 0.3 is 0 Å². The number of pyridine rings is 1. The summed E-state index contributed by atoms with van der Waals surface area (Å²) in [5.41, 5.74) is 1.83. The fourth-order valence-electron chi connectivity index (χ4n) is 3.68. The molecule has 5 rings (SSSR count). The third-order valence-electron chi connectivity index (χ3n) is 5.65. The van der Waals surface area contributed by atoms with Gasteiger partial charge in [0.25, 0.3) is 0 Å². The molecule has 1 saturated carbocycles. The first-order valence-corrected chi connectivity index (χ1v) is 11.7. The maximum atomic E-state index is 13.0. The number of carbonyl (C=O) groups excluding carboxylic acids is 1. The molecule has 3 aromatic rings. The van der Waals surface area contributed by atoms with Crippen LogP contribution in [0.4, 0.5) is 5.69 Å². The summed E-state index contributed by atoms with van der Waals surface area (Å²) in [6.45, 7) is 0.492. The summed E-state index contributed by atoms with van der Waals surface area (Å²) >= 11 is 5.20. The first kappa shape index (κ1) is 22.0. The molecule has 1 heterocycles. The summed E-state index contributed by atoms with van der Waals surface area (Å²) < 4.78 is 12.2. The van der Waals surface area contributed by atoms with Crippen LogP contribution in [0.1, 0.15) is 24.8 Å². The van der Waals surface area contributed by atoms with E-state index in [9.17, 15) is 4.79 Å². The number of rotatable bonds is 8. The Kier molecular flexibility index (Phi) is 6.49. The van der Waals surface area contributed by atoms with Gasteiger partial charge < -0.3 is 14.4 Å². The average molecular weight is 469 g/mol. The molecule has 0 spiro atoms. The monoisotopic (exact) mass is 468 g/mol. The molecule has 1 amide bonds. The van der Waals surface area contributed by atoms with Gasteiger partial charge in [0.05, 0.1) is 6.54 Å². The van der Waals surface area contributed by atoms with Gasteiger partial charge in [-0.3, -0.25) is 9.78 Å². The van der Waals surface area contributed by atoms with Gasteiger partial charge in [-0.2, -0.15) is 0 Å². The number of ether oxygens (including phenoxy) is 2. The number of nitrogens with zero attached hydrogens (tertiary/aromatic N) is 2. The van der Waals surface area contributed by atoms with Gasteiger partial charge in [-0.1, -0.05) is 30.4 Å². The molecule has 0 bridgehead atoms. The molecule has 0 atom stereocenters. The number of amides is 1. The zero-order chi connectivity index (χ0) is 23.3. The zero-order valence-corrected chi connectivity index (χ0v) is 19.4. The van der Waals surface area contributed by atoms with E-state index in [1.807, 2.05) is 83.8 Å². The molecule has 0 unspecified atom stereocenters. The molecule has 6 heteroatoms. The van der Waals surface area contributed by atoms with E-state index in [1.165, 1.54) is 0 Å². The van der Waals surface area contributed by atoms with Crippen LogP contribution in [0, 0.1) is 5.92 Å². The molecular weight excluding hydrogens is 444 g/mol. The molecule has 1 aromatic heterocycles. The topological polar surface area (TPSA) is 51.7 Å². The Bertz CT molecular complexity index is 1250. The van der Waals surface area contributed by atoms with Crippen LogP contribution in [0.3, 0.4) is 0 Å². The Morgan fingerprint density at radius 3 is 2.38 bits per heavy atom. The Labute approximate surface area is 204 Å². The lowest BCUT2D eigenvalue weighted by Crippen LogP contribution is -2.31. The number of anilines is 1. The largest absolute Gasteiger partial charge is 0.454 e. The molecule has 0 radical (unpaired) electrons. The number of benzene rings is 2. The second kappa shape index (κ2) is 10.0. The van der Waals surface area contributed by atoms with Crippen molar-refractivity contribution in [3.8, 4) is 17.2 Å². The second-order valence-electron chi connectivity index (χ2n) is 8.31. The molecular formula is C28H24N2O3S. The Morgan fingerprint density at radius 2 is 1.74 bits per heavy atom. The van der Waals surface area contributed by atoms with Crippen molar-refractivity contribution in [2.45, 2.75) is 25.8 Å². The highest BCUT2D eigenvalue weighted by atomic mass is 32.1. The zero-order valence-electron chi connectivity index (χ0n) is 18.6. The number of hydrogen-bond acceptors (Lipinski definition) is 5. The number of allylic oxidation sites excluding steroid dienone is 3. The van der Waals surface area contributed by atoms with Crippen molar-refractivity contribution in [3.63, 3.8) is 0 Å². The predicted molar refractivity (Wildman–Crippen MR) is 136 cm³/mol. The minimum atomic E-state index is 0.120. The van der Waals surface area contributed by atoms with Gasteiger partial charge in [0.2, 0.25) is 5.91 Å². The molecule has 5 nitrogen and oxygen atoms in total. The molecule has 0 saturated heterocycles. The molecule has 2 aromatic carbocycles. The second-order valence-corrected chi connectivity index (χ2v) is 8.84. The van der Waals surface area contributed by atoms with E-state index in [4.69, 9.17) is 21.7 Å². The standard InChI is InChI=1S/C28H24N2O3S/c31-28(21-7-8-21)30(19-20-4-3-17-29-18-20)22-9-11-23(12-10-22)32-26-5-1-2-6-27(26)33-24-13-15-25(34)16-14-24/h1-6,9-15,17-18,21H,7-8,16,19H2. The fourth-order valence-corrected chi connectivity index (χ4v) is 3.83. The van der Waals surface area contributed by atoms with Gasteiger partial charge in [-0.15, -0.1) is 0 Å². The van der Waals surface area contributed by atoms with E-state index in [0.29, 0.717) is 30.2 Å². The maximum absolute atomic E-state index is 13.0. The lowest BCUT2D eigenvalue weighted by atomic mass is 10.2. The van der Waals surface area contributed by atoms with Crippen LogP contribution in [0.5, 0.6) is 17.2 Å². The SMILES string of the molecule is O=C(C1CC1)N(Cc1cccnc1)c1ccc(Oc2ccccc2OC2=CCC(=S)C=C2)cc1. The Balaban J connectivity index is 1.32.